The number of benzene rings is 2. The number of methoxy groups -OCH3 is 1. The van der Waals surface area contributed by atoms with E-state index in [2.05, 4.69) is 5.32 Å². The van der Waals surface area contributed by atoms with Crippen LogP contribution < -0.4 is 14.8 Å². The maximum atomic E-state index is 12.3. The van der Waals surface area contributed by atoms with Gasteiger partial charge < -0.3 is 14.8 Å². The van der Waals surface area contributed by atoms with Crippen LogP contribution in [0.5, 0.6) is 11.5 Å². The van der Waals surface area contributed by atoms with Crippen LogP contribution >= 0.6 is 0 Å². The third-order valence-corrected chi connectivity index (χ3v) is 5.47. The van der Waals surface area contributed by atoms with Gasteiger partial charge in [-0.1, -0.05) is 17.7 Å². The van der Waals surface area contributed by atoms with E-state index in [9.17, 15) is 8.42 Å². The smallest absolute Gasteiger partial charge is 0.242 e. The van der Waals surface area contributed by atoms with E-state index in [0.717, 1.165) is 5.75 Å². The number of hydrogen-bond donors (Lipinski definition) is 1. The third-order valence-electron chi connectivity index (χ3n) is 3.66. The number of aryl methyl sites for hydroxylation is 1. The number of ether oxygens (including phenoxy) is 2. The second-order valence-electron chi connectivity index (χ2n) is 5.74. The van der Waals surface area contributed by atoms with Crippen LogP contribution in [0.1, 0.15) is 5.56 Å². The van der Waals surface area contributed by atoms with Gasteiger partial charge in [0.05, 0.1) is 17.7 Å². The largest absolute Gasteiger partial charge is 0.495 e. The quantitative estimate of drug-likeness (QED) is 0.730. The summed E-state index contributed by atoms with van der Waals surface area (Å²) >= 11 is 0. The zero-order valence-electron chi connectivity index (χ0n) is 14.9. The van der Waals surface area contributed by atoms with E-state index in [1.165, 1.54) is 30.0 Å². The van der Waals surface area contributed by atoms with Gasteiger partial charge in [-0.05, 0) is 37.3 Å². The monoisotopic (exact) mass is 364 g/mol. The molecule has 0 heterocycles. The lowest BCUT2D eigenvalue weighted by Crippen LogP contribution is -2.22. The van der Waals surface area contributed by atoms with Crippen LogP contribution in [0, 0.1) is 6.92 Å². The Labute approximate surface area is 149 Å². The Morgan fingerprint density at radius 2 is 1.76 bits per heavy atom. The number of hydrogen-bond acceptors (Lipinski definition) is 5. The molecular weight excluding hydrogens is 340 g/mol. The molecule has 1 N–H and O–H groups in total. The van der Waals surface area contributed by atoms with Crippen molar-refractivity contribution < 1.29 is 17.9 Å². The van der Waals surface area contributed by atoms with E-state index in [0.29, 0.717) is 24.6 Å². The van der Waals surface area contributed by atoms with Gasteiger partial charge in [0, 0.05) is 20.6 Å². The number of rotatable bonds is 8. The fourth-order valence-corrected chi connectivity index (χ4v) is 3.11. The molecule has 0 aromatic heterocycles. The van der Waals surface area contributed by atoms with E-state index < -0.39 is 10.0 Å². The first-order valence-corrected chi connectivity index (χ1v) is 9.32. The number of nitrogens with zero attached hydrogens (tertiary/aromatic N) is 1. The normalized spacial score (nSPS) is 11.4. The van der Waals surface area contributed by atoms with Gasteiger partial charge in [0.15, 0.2) is 0 Å². The van der Waals surface area contributed by atoms with Crippen LogP contribution in [-0.2, 0) is 10.0 Å². The van der Waals surface area contributed by atoms with Crippen molar-refractivity contribution in [2.75, 3.05) is 39.7 Å². The Morgan fingerprint density at radius 3 is 2.36 bits per heavy atom. The predicted molar refractivity (Wildman–Crippen MR) is 99.0 cm³/mol. The van der Waals surface area contributed by atoms with Gasteiger partial charge in [-0.2, -0.15) is 0 Å². The summed E-state index contributed by atoms with van der Waals surface area (Å²) in [6, 6.07) is 12.5. The average Bonchev–Trinajstić information content (AvgIpc) is 2.59. The van der Waals surface area contributed by atoms with Crippen LogP contribution in [0.15, 0.2) is 47.4 Å². The molecule has 6 nitrogen and oxygen atoms in total. The average molecular weight is 364 g/mol. The molecule has 0 spiro atoms. The molecule has 0 aliphatic heterocycles. The van der Waals surface area contributed by atoms with Crippen molar-refractivity contribution in [3.05, 3.63) is 48.0 Å². The van der Waals surface area contributed by atoms with Gasteiger partial charge in [0.2, 0.25) is 10.0 Å². The van der Waals surface area contributed by atoms with Gasteiger partial charge in [-0.15, -0.1) is 0 Å². The molecule has 0 radical (unpaired) electrons. The fraction of sp³-hybridized carbons (Fsp3) is 0.333. The van der Waals surface area contributed by atoms with Crippen molar-refractivity contribution >= 4 is 15.7 Å². The first-order chi connectivity index (χ1) is 11.8. The van der Waals surface area contributed by atoms with Gasteiger partial charge in [0.25, 0.3) is 0 Å². The Hall–Kier alpha value is -2.25. The summed E-state index contributed by atoms with van der Waals surface area (Å²) in [5, 5.41) is 3.16. The zero-order chi connectivity index (χ0) is 18.4. The Balaban J connectivity index is 2.03. The Morgan fingerprint density at radius 1 is 1.08 bits per heavy atom. The fourth-order valence-electron chi connectivity index (χ4n) is 2.19. The van der Waals surface area contributed by atoms with Crippen LogP contribution in [0.4, 0.5) is 5.69 Å². The molecule has 25 heavy (non-hydrogen) atoms. The van der Waals surface area contributed by atoms with Crippen molar-refractivity contribution in [1.82, 2.24) is 4.31 Å². The molecule has 0 saturated heterocycles. The molecule has 7 heteroatoms. The van der Waals surface area contributed by atoms with Gasteiger partial charge >= 0.3 is 0 Å². The molecule has 2 aromatic carbocycles. The van der Waals surface area contributed by atoms with Crippen molar-refractivity contribution in [1.29, 1.82) is 0 Å². The minimum Gasteiger partial charge on any atom is -0.495 e. The summed E-state index contributed by atoms with van der Waals surface area (Å²) in [6.07, 6.45) is 0. The van der Waals surface area contributed by atoms with Crippen molar-refractivity contribution in [2.24, 2.45) is 0 Å². The second-order valence-corrected chi connectivity index (χ2v) is 7.89. The maximum absolute atomic E-state index is 12.3. The first-order valence-electron chi connectivity index (χ1n) is 7.88. The molecule has 2 aromatic rings. The van der Waals surface area contributed by atoms with Crippen LogP contribution in [0.25, 0.3) is 0 Å². The van der Waals surface area contributed by atoms with Crippen molar-refractivity contribution in [3.8, 4) is 11.5 Å². The summed E-state index contributed by atoms with van der Waals surface area (Å²) in [5.74, 6) is 1.37. The summed E-state index contributed by atoms with van der Waals surface area (Å²) < 4.78 is 36.6. The van der Waals surface area contributed by atoms with E-state index in [-0.39, 0.29) is 4.90 Å². The summed E-state index contributed by atoms with van der Waals surface area (Å²) in [7, 11) is 1.05. The van der Waals surface area contributed by atoms with Crippen LogP contribution in [0.3, 0.4) is 0 Å². The lowest BCUT2D eigenvalue weighted by Gasteiger charge is -2.16. The SMILES string of the molecule is COc1ccc(S(=O)(=O)N(C)C)cc1NCCOc1ccc(C)cc1. The highest BCUT2D eigenvalue weighted by Gasteiger charge is 2.18. The minimum absolute atomic E-state index is 0.209. The predicted octanol–water partition coefficient (Wildman–Crippen LogP) is 2.74. The molecule has 0 fully saturated rings. The summed E-state index contributed by atoms with van der Waals surface area (Å²) in [5.41, 5.74) is 1.78. The highest BCUT2D eigenvalue weighted by atomic mass is 32.2. The van der Waals surface area contributed by atoms with Gasteiger partial charge in [0.1, 0.15) is 18.1 Å². The lowest BCUT2D eigenvalue weighted by atomic mass is 10.2. The molecule has 0 aliphatic rings. The Kier molecular flexibility index (Phi) is 6.27. The molecule has 0 bridgehead atoms. The molecule has 0 atom stereocenters. The third kappa shape index (κ3) is 4.87. The van der Waals surface area contributed by atoms with E-state index in [1.807, 2.05) is 31.2 Å². The standard InChI is InChI=1S/C18H24N2O4S/c1-14-5-7-15(8-6-14)24-12-11-19-17-13-16(9-10-18(17)23-4)25(21,22)20(2)3/h5-10,13,19H,11-12H2,1-4H3. The number of nitrogens with one attached hydrogen (secondary N) is 1. The molecular formula is C18H24N2O4S. The van der Waals surface area contributed by atoms with E-state index in [1.54, 1.807) is 19.2 Å². The molecule has 0 aliphatic carbocycles. The second kappa shape index (κ2) is 8.22. The minimum atomic E-state index is -3.50. The van der Waals surface area contributed by atoms with Crippen LogP contribution in [-0.4, -0.2) is 47.1 Å². The van der Waals surface area contributed by atoms with Crippen LogP contribution in [0.2, 0.25) is 0 Å². The topological polar surface area (TPSA) is 67.9 Å². The molecule has 136 valence electrons. The highest BCUT2D eigenvalue weighted by Crippen LogP contribution is 2.28. The molecule has 0 amide bonds. The molecule has 0 saturated carbocycles. The Bertz CT molecular complexity index is 802. The molecule has 2 rings (SSSR count). The van der Waals surface area contributed by atoms with E-state index >= 15 is 0 Å². The summed E-state index contributed by atoms with van der Waals surface area (Å²) in [4.78, 5) is 0.209. The number of sulfonamides is 1. The lowest BCUT2D eigenvalue weighted by molar-refractivity contribution is 0.332. The highest BCUT2D eigenvalue weighted by molar-refractivity contribution is 7.89. The van der Waals surface area contributed by atoms with Gasteiger partial charge in [-0.3, -0.25) is 0 Å². The number of anilines is 1. The first kappa shape index (κ1) is 19.1. The van der Waals surface area contributed by atoms with E-state index in [4.69, 9.17) is 9.47 Å². The maximum Gasteiger partial charge on any atom is 0.242 e. The summed E-state index contributed by atoms with van der Waals surface area (Å²) in [6.45, 7) is 2.97. The molecule has 0 unspecified atom stereocenters. The zero-order valence-corrected chi connectivity index (χ0v) is 15.8. The van der Waals surface area contributed by atoms with Crippen molar-refractivity contribution in [2.45, 2.75) is 11.8 Å². The van der Waals surface area contributed by atoms with Gasteiger partial charge in [-0.25, -0.2) is 12.7 Å². The van der Waals surface area contributed by atoms with Crippen molar-refractivity contribution in [3.63, 3.8) is 0 Å².